The van der Waals surface area contributed by atoms with E-state index in [0.717, 1.165) is 5.69 Å². The predicted molar refractivity (Wildman–Crippen MR) is 72.6 cm³/mol. The molecule has 100 valence electrons. The Kier molecular flexibility index (Phi) is 4.45. The fourth-order valence-corrected chi connectivity index (χ4v) is 2.77. The molecule has 1 aromatic carbocycles. The van der Waals surface area contributed by atoms with Gasteiger partial charge in [0.1, 0.15) is 0 Å². The molecule has 3 heteroatoms. The van der Waals surface area contributed by atoms with Gasteiger partial charge in [0.25, 0.3) is 0 Å². The lowest BCUT2D eigenvalue weighted by Crippen LogP contribution is -2.27. The zero-order valence-electron chi connectivity index (χ0n) is 11.2. The van der Waals surface area contributed by atoms with Gasteiger partial charge in [-0.25, -0.2) is 4.39 Å². The van der Waals surface area contributed by atoms with Crippen LogP contribution in [0, 0.1) is 11.7 Å². The second kappa shape index (κ2) is 6.07. The van der Waals surface area contributed by atoms with E-state index in [4.69, 9.17) is 4.74 Å². The fraction of sp³-hybridized carbons (Fsp3) is 0.600. The zero-order chi connectivity index (χ0) is 13.0. The number of benzene rings is 1. The van der Waals surface area contributed by atoms with Gasteiger partial charge in [0, 0.05) is 17.8 Å². The summed E-state index contributed by atoms with van der Waals surface area (Å²) in [6, 6.07) is 5.46. The molecule has 1 saturated carbocycles. The van der Waals surface area contributed by atoms with Crippen molar-refractivity contribution >= 4 is 5.69 Å². The molecule has 1 aliphatic carbocycles. The molecular weight excluding hydrogens is 229 g/mol. The van der Waals surface area contributed by atoms with Crippen LogP contribution in [0.4, 0.5) is 10.1 Å². The Balaban J connectivity index is 1.97. The van der Waals surface area contributed by atoms with Gasteiger partial charge in [0.15, 0.2) is 11.6 Å². The van der Waals surface area contributed by atoms with Crippen LogP contribution in [0.5, 0.6) is 5.75 Å². The number of halogens is 1. The smallest absolute Gasteiger partial charge is 0.167 e. The van der Waals surface area contributed by atoms with Gasteiger partial charge < -0.3 is 10.1 Å². The summed E-state index contributed by atoms with van der Waals surface area (Å²) in [5.74, 6) is 0.702. The summed E-state index contributed by atoms with van der Waals surface area (Å²) >= 11 is 0. The average Bonchev–Trinajstić information content (AvgIpc) is 2.40. The van der Waals surface area contributed by atoms with Crippen LogP contribution in [0.1, 0.15) is 39.0 Å². The van der Waals surface area contributed by atoms with Gasteiger partial charge in [0.2, 0.25) is 0 Å². The van der Waals surface area contributed by atoms with Gasteiger partial charge in [-0.15, -0.1) is 0 Å². The minimum absolute atomic E-state index is 0.297. The van der Waals surface area contributed by atoms with Crippen LogP contribution in [0.2, 0.25) is 0 Å². The number of hydrogen-bond acceptors (Lipinski definition) is 2. The molecule has 1 aromatic rings. The molecule has 0 heterocycles. The van der Waals surface area contributed by atoms with Crippen molar-refractivity contribution in [3.63, 3.8) is 0 Å². The summed E-state index contributed by atoms with van der Waals surface area (Å²) in [5.41, 5.74) is 0.839. The second-order valence-corrected chi connectivity index (χ2v) is 5.18. The van der Waals surface area contributed by atoms with E-state index in [1.54, 1.807) is 6.07 Å². The van der Waals surface area contributed by atoms with Crippen molar-refractivity contribution in [1.82, 2.24) is 0 Å². The van der Waals surface area contributed by atoms with Crippen molar-refractivity contribution in [3.05, 3.63) is 24.0 Å². The van der Waals surface area contributed by atoms with Crippen LogP contribution < -0.4 is 10.1 Å². The standard InChI is InChI=1S/C15H22FNO/c1-11(12-6-4-3-5-7-12)17-13-8-9-15(18-2)14(16)10-13/h8-12,17H,3-7H2,1-2H3. The first-order valence-corrected chi connectivity index (χ1v) is 6.81. The number of anilines is 1. The predicted octanol–water partition coefficient (Wildman–Crippen LogP) is 4.22. The maximum atomic E-state index is 13.6. The van der Waals surface area contributed by atoms with Crippen molar-refractivity contribution in [2.45, 2.75) is 45.1 Å². The second-order valence-electron chi connectivity index (χ2n) is 5.18. The van der Waals surface area contributed by atoms with Crippen molar-refractivity contribution in [2.75, 3.05) is 12.4 Å². The maximum Gasteiger partial charge on any atom is 0.167 e. The maximum absolute atomic E-state index is 13.6. The summed E-state index contributed by atoms with van der Waals surface area (Å²) < 4.78 is 18.5. The van der Waals surface area contributed by atoms with E-state index < -0.39 is 0 Å². The molecule has 0 saturated heterocycles. The van der Waals surface area contributed by atoms with Crippen LogP contribution in [0.25, 0.3) is 0 Å². The lowest BCUT2D eigenvalue weighted by Gasteiger charge is -2.29. The lowest BCUT2D eigenvalue weighted by atomic mass is 9.84. The van der Waals surface area contributed by atoms with Gasteiger partial charge in [-0.1, -0.05) is 19.3 Å². The first-order valence-electron chi connectivity index (χ1n) is 6.81. The molecule has 2 nitrogen and oxygen atoms in total. The first-order chi connectivity index (χ1) is 8.70. The first kappa shape index (κ1) is 13.2. The van der Waals surface area contributed by atoms with Crippen LogP contribution in [-0.2, 0) is 0 Å². The molecule has 1 N–H and O–H groups in total. The van der Waals surface area contributed by atoms with E-state index in [9.17, 15) is 4.39 Å². The summed E-state index contributed by atoms with van der Waals surface area (Å²) in [5, 5.41) is 3.41. The van der Waals surface area contributed by atoms with Crippen LogP contribution in [0.3, 0.4) is 0 Å². The molecule has 0 amide bonds. The van der Waals surface area contributed by atoms with Gasteiger partial charge in [-0.05, 0) is 37.8 Å². The van der Waals surface area contributed by atoms with E-state index in [-0.39, 0.29) is 5.82 Å². The summed E-state index contributed by atoms with van der Waals surface area (Å²) in [4.78, 5) is 0. The summed E-state index contributed by atoms with van der Waals surface area (Å²) in [6.07, 6.45) is 6.58. The lowest BCUT2D eigenvalue weighted by molar-refractivity contribution is 0.328. The fourth-order valence-electron chi connectivity index (χ4n) is 2.77. The normalized spacial score (nSPS) is 18.4. The Bertz CT molecular complexity index is 388. The van der Waals surface area contributed by atoms with Gasteiger partial charge in [-0.2, -0.15) is 0 Å². The molecule has 0 aromatic heterocycles. The summed E-state index contributed by atoms with van der Waals surface area (Å²) in [7, 11) is 1.48. The highest BCUT2D eigenvalue weighted by atomic mass is 19.1. The minimum atomic E-state index is -0.307. The Labute approximate surface area is 109 Å². The molecule has 0 radical (unpaired) electrons. The quantitative estimate of drug-likeness (QED) is 0.865. The molecule has 18 heavy (non-hydrogen) atoms. The molecule has 2 rings (SSSR count). The number of hydrogen-bond donors (Lipinski definition) is 1. The highest BCUT2D eigenvalue weighted by Gasteiger charge is 2.20. The molecule has 0 spiro atoms. The van der Waals surface area contributed by atoms with Crippen LogP contribution >= 0.6 is 0 Å². The van der Waals surface area contributed by atoms with E-state index in [0.29, 0.717) is 17.7 Å². The monoisotopic (exact) mass is 251 g/mol. The zero-order valence-corrected chi connectivity index (χ0v) is 11.2. The highest BCUT2D eigenvalue weighted by Crippen LogP contribution is 2.29. The van der Waals surface area contributed by atoms with Gasteiger partial charge >= 0.3 is 0 Å². The Morgan fingerprint density at radius 1 is 1.28 bits per heavy atom. The largest absolute Gasteiger partial charge is 0.494 e. The van der Waals surface area contributed by atoms with Gasteiger partial charge in [-0.3, -0.25) is 0 Å². The van der Waals surface area contributed by atoms with Crippen molar-refractivity contribution in [2.24, 2.45) is 5.92 Å². The molecule has 1 atom stereocenters. The molecule has 1 fully saturated rings. The Morgan fingerprint density at radius 3 is 2.61 bits per heavy atom. The topological polar surface area (TPSA) is 21.3 Å². The van der Waals surface area contributed by atoms with Crippen LogP contribution in [-0.4, -0.2) is 13.2 Å². The van der Waals surface area contributed by atoms with Crippen molar-refractivity contribution in [3.8, 4) is 5.75 Å². The van der Waals surface area contributed by atoms with E-state index in [1.807, 2.05) is 6.07 Å². The van der Waals surface area contributed by atoms with Crippen molar-refractivity contribution < 1.29 is 9.13 Å². The third-order valence-corrected chi connectivity index (χ3v) is 3.90. The highest BCUT2D eigenvalue weighted by molar-refractivity contribution is 5.48. The van der Waals surface area contributed by atoms with Crippen molar-refractivity contribution in [1.29, 1.82) is 0 Å². The number of ether oxygens (including phenoxy) is 1. The minimum Gasteiger partial charge on any atom is -0.494 e. The average molecular weight is 251 g/mol. The number of rotatable bonds is 4. The summed E-state index contributed by atoms with van der Waals surface area (Å²) in [6.45, 7) is 2.19. The van der Waals surface area contributed by atoms with Crippen LogP contribution in [0.15, 0.2) is 18.2 Å². The Hall–Kier alpha value is -1.25. The van der Waals surface area contributed by atoms with Gasteiger partial charge in [0.05, 0.1) is 7.11 Å². The molecular formula is C15H22FNO. The number of methoxy groups -OCH3 is 1. The SMILES string of the molecule is COc1ccc(NC(C)C2CCCCC2)cc1F. The molecule has 1 unspecified atom stereocenters. The van der Waals surface area contributed by atoms with E-state index >= 15 is 0 Å². The molecule has 0 bridgehead atoms. The van der Waals surface area contributed by atoms with E-state index in [1.165, 1.54) is 45.3 Å². The Morgan fingerprint density at radius 2 is 2.00 bits per heavy atom. The molecule has 0 aliphatic heterocycles. The number of nitrogens with one attached hydrogen (secondary N) is 1. The third kappa shape index (κ3) is 3.15. The van der Waals surface area contributed by atoms with E-state index in [2.05, 4.69) is 12.2 Å². The third-order valence-electron chi connectivity index (χ3n) is 3.90. The molecule has 1 aliphatic rings.